The molecule has 2 unspecified atom stereocenters. The Morgan fingerprint density at radius 3 is 2.24 bits per heavy atom. The van der Waals surface area contributed by atoms with Crippen molar-refractivity contribution in [1.82, 2.24) is 0 Å². The first-order valence-electron chi connectivity index (χ1n) is 6.36. The summed E-state index contributed by atoms with van der Waals surface area (Å²) in [4.78, 5) is 0. The van der Waals surface area contributed by atoms with Crippen molar-refractivity contribution in [3.05, 3.63) is 12.7 Å². The summed E-state index contributed by atoms with van der Waals surface area (Å²) in [5.74, 6) is 0. The molecule has 2 rings (SSSR count). The summed E-state index contributed by atoms with van der Waals surface area (Å²) in [6.07, 6.45) is 4.94. The van der Waals surface area contributed by atoms with Crippen molar-refractivity contribution in [3.8, 4) is 0 Å². The fourth-order valence-corrected chi connectivity index (χ4v) is 1.07. The zero-order valence-electron chi connectivity index (χ0n) is 10.7. The summed E-state index contributed by atoms with van der Waals surface area (Å²) in [6, 6.07) is 0. The highest BCUT2D eigenvalue weighted by molar-refractivity contribution is 4.70. The van der Waals surface area contributed by atoms with Gasteiger partial charge in [-0.15, -0.1) is 6.58 Å². The Balaban J connectivity index is 0.000000171. The van der Waals surface area contributed by atoms with Gasteiger partial charge in [0.05, 0.1) is 33.0 Å². The van der Waals surface area contributed by atoms with Crippen molar-refractivity contribution < 1.29 is 18.9 Å². The minimum atomic E-state index is 0.384. The monoisotopic (exact) mass is 244 g/mol. The maximum Gasteiger partial charge on any atom is 0.104 e. The Labute approximate surface area is 104 Å². The fraction of sp³-hybridized carbons (Fsp3) is 0.846. The molecule has 0 aromatic heterocycles. The predicted molar refractivity (Wildman–Crippen MR) is 66.2 cm³/mol. The van der Waals surface area contributed by atoms with Crippen LogP contribution >= 0.6 is 0 Å². The van der Waals surface area contributed by atoms with Gasteiger partial charge in [0.25, 0.3) is 0 Å². The van der Waals surface area contributed by atoms with Crippen molar-refractivity contribution in [2.45, 2.75) is 32.0 Å². The molecule has 2 fully saturated rings. The second kappa shape index (κ2) is 9.59. The third-order valence-electron chi connectivity index (χ3n) is 2.29. The molecule has 17 heavy (non-hydrogen) atoms. The van der Waals surface area contributed by atoms with Gasteiger partial charge in [-0.25, -0.2) is 0 Å². The van der Waals surface area contributed by atoms with E-state index in [9.17, 15) is 0 Å². The van der Waals surface area contributed by atoms with Crippen molar-refractivity contribution in [2.24, 2.45) is 0 Å². The van der Waals surface area contributed by atoms with E-state index < -0.39 is 0 Å². The maximum atomic E-state index is 5.27. The van der Waals surface area contributed by atoms with Gasteiger partial charge in [-0.2, -0.15) is 0 Å². The average molecular weight is 244 g/mol. The van der Waals surface area contributed by atoms with E-state index in [2.05, 4.69) is 13.5 Å². The van der Waals surface area contributed by atoms with Crippen LogP contribution in [0, 0.1) is 0 Å². The fourth-order valence-electron chi connectivity index (χ4n) is 1.07. The van der Waals surface area contributed by atoms with Crippen LogP contribution in [0.1, 0.15) is 19.8 Å². The molecule has 0 aromatic carbocycles. The van der Waals surface area contributed by atoms with Crippen LogP contribution in [0.25, 0.3) is 0 Å². The SMILES string of the molecule is C=CCOCC1CO1.CCCCOCC1CO1. The lowest BCUT2D eigenvalue weighted by molar-refractivity contribution is 0.114. The van der Waals surface area contributed by atoms with Crippen molar-refractivity contribution >= 4 is 0 Å². The molecule has 2 aliphatic rings. The molecular weight excluding hydrogens is 220 g/mol. The molecule has 4 nitrogen and oxygen atoms in total. The standard InChI is InChI=1S/C7H14O2.C6H10O2/c1-2-3-4-8-5-7-6-9-7;1-2-3-7-4-6-5-8-6/h7H,2-6H2,1H3;2,6H,1,3-5H2. The number of ether oxygens (including phenoxy) is 4. The summed E-state index contributed by atoms with van der Waals surface area (Å²) in [5.41, 5.74) is 0. The van der Waals surface area contributed by atoms with Gasteiger partial charge in [-0.3, -0.25) is 0 Å². The summed E-state index contributed by atoms with van der Waals surface area (Å²) in [5, 5.41) is 0. The Hall–Kier alpha value is -0.420. The van der Waals surface area contributed by atoms with Crippen LogP contribution < -0.4 is 0 Å². The smallest absolute Gasteiger partial charge is 0.104 e. The molecule has 2 saturated heterocycles. The van der Waals surface area contributed by atoms with Gasteiger partial charge >= 0.3 is 0 Å². The van der Waals surface area contributed by atoms with E-state index in [1.165, 1.54) is 12.8 Å². The quantitative estimate of drug-likeness (QED) is 0.352. The first-order valence-corrected chi connectivity index (χ1v) is 6.36. The number of rotatable bonds is 9. The van der Waals surface area contributed by atoms with Gasteiger partial charge in [0.1, 0.15) is 12.2 Å². The van der Waals surface area contributed by atoms with Crippen LogP contribution in [0.2, 0.25) is 0 Å². The van der Waals surface area contributed by atoms with Crippen LogP contribution in [0.4, 0.5) is 0 Å². The van der Waals surface area contributed by atoms with E-state index in [4.69, 9.17) is 18.9 Å². The van der Waals surface area contributed by atoms with Gasteiger partial charge in [0.2, 0.25) is 0 Å². The lowest BCUT2D eigenvalue weighted by Crippen LogP contribution is -2.01. The minimum absolute atomic E-state index is 0.384. The van der Waals surface area contributed by atoms with Crippen LogP contribution in [0.5, 0.6) is 0 Å². The van der Waals surface area contributed by atoms with E-state index >= 15 is 0 Å². The summed E-state index contributed by atoms with van der Waals surface area (Å²) < 4.78 is 20.2. The van der Waals surface area contributed by atoms with Gasteiger partial charge in [0, 0.05) is 6.61 Å². The highest BCUT2D eigenvalue weighted by atomic mass is 16.6. The molecule has 2 aliphatic heterocycles. The van der Waals surface area contributed by atoms with E-state index in [1.807, 2.05) is 0 Å². The molecule has 0 N–H and O–H groups in total. The van der Waals surface area contributed by atoms with Crippen molar-refractivity contribution in [1.29, 1.82) is 0 Å². The zero-order chi connectivity index (χ0) is 12.3. The Kier molecular flexibility index (Phi) is 8.26. The summed E-state index contributed by atoms with van der Waals surface area (Å²) in [6.45, 7) is 10.5. The van der Waals surface area contributed by atoms with Gasteiger partial charge in [-0.05, 0) is 6.42 Å². The van der Waals surface area contributed by atoms with E-state index in [0.29, 0.717) is 18.8 Å². The second-order valence-corrected chi connectivity index (χ2v) is 4.17. The molecule has 2 heterocycles. The van der Waals surface area contributed by atoms with E-state index in [0.717, 1.165) is 33.0 Å². The highest BCUT2D eigenvalue weighted by Crippen LogP contribution is 2.08. The van der Waals surface area contributed by atoms with Gasteiger partial charge < -0.3 is 18.9 Å². The number of unbranched alkanes of at least 4 members (excludes halogenated alkanes) is 1. The Morgan fingerprint density at radius 1 is 1.18 bits per heavy atom. The first kappa shape index (κ1) is 14.6. The molecule has 0 saturated carbocycles. The zero-order valence-corrected chi connectivity index (χ0v) is 10.7. The second-order valence-electron chi connectivity index (χ2n) is 4.17. The molecule has 0 aromatic rings. The molecule has 4 heteroatoms. The van der Waals surface area contributed by atoms with Crippen molar-refractivity contribution in [2.75, 3.05) is 39.6 Å². The first-order chi connectivity index (χ1) is 8.36. The lowest BCUT2D eigenvalue weighted by Gasteiger charge is -1.97. The summed E-state index contributed by atoms with van der Waals surface area (Å²) >= 11 is 0. The van der Waals surface area contributed by atoms with E-state index in [1.54, 1.807) is 6.08 Å². The molecule has 2 atom stereocenters. The van der Waals surface area contributed by atoms with Crippen LogP contribution in [0.15, 0.2) is 12.7 Å². The minimum Gasteiger partial charge on any atom is -0.379 e. The van der Waals surface area contributed by atoms with Crippen LogP contribution in [-0.4, -0.2) is 51.8 Å². The number of hydrogen-bond donors (Lipinski definition) is 0. The third kappa shape index (κ3) is 10.5. The third-order valence-corrected chi connectivity index (χ3v) is 2.29. The largest absolute Gasteiger partial charge is 0.379 e. The predicted octanol–water partition coefficient (Wildman–Crippen LogP) is 1.79. The number of epoxide rings is 2. The van der Waals surface area contributed by atoms with Gasteiger partial charge in [0.15, 0.2) is 0 Å². The molecule has 0 amide bonds. The molecule has 0 bridgehead atoms. The number of hydrogen-bond acceptors (Lipinski definition) is 4. The normalized spacial score (nSPS) is 24.8. The maximum absolute atomic E-state index is 5.27. The average Bonchev–Trinajstić information content (AvgIpc) is 3.19. The summed E-state index contributed by atoms with van der Waals surface area (Å²) in [7, 11) is 0. The highest BCUT2D eigenvalue weighted by Gasteiger charge is 2.22. The Bertz CT molecular complexity index is 188. The van der Waals surface area contributed by atoms with E-state index in [-0.39, 0.29) is 0 Å². The van der Waals surface area contributed by atoms with Gasteiger partial charge in [-0.1, -0.05) is 19.4 Å². The van der Waals surface area contributed by atoms with Crippen LogP contribution in [-0.2, 0) is 18.9 Å². The molecule has 100 valence electrons. The Morgan fingerprint density at radius 2 is 1.76 bits per heavy atom. The molecule has 0 spiro atoms. The molecule has 0 radical (unpaired) electrons. The topological polar surface area (TPSA) is 43.5 Å². The molecule has 0 aliphatic carbocycles. The van der Waals surface area contributed by atoms with Crippen molar-refractivity contribution in [3.63, 3.8) is 0 Å². The van der Waals surface area contributed by atoms with Crippen LogP contribution in [0.3, 0.4) is 0 Å². The lowest BCUT2D eigenvalue weighted by atomic mass is 10.4. The molecular formula is C13H24O4.